The van der Waals surface area contributed by atoms with Crippen molar-refractivity contribution in [2.24, 2.45) is 5.92 Å². The van der Waals surface area contributed by atoms with Gasteiger partial charge in [-0.3, -0.25) is 4.79 Å². The second kappa shape index (κ2) is 7.36. The van der Waals surface area contributed by atoms with E-state index in [2.05, 4.69) is 10.6 Å². The lowest BCUT2D eigenvalue weighted by Gasteiger charge is -2.07. The van der Waals surface area contributed by atoms with Crippen molar-refractivity contribution in [3.8, 4) is 17.6 Å². The summed E-state index contributed by atoms with van der Waals surface area (Å²) >= 11 is 0. The molecule has 0 bridgehead atoms. The molecular formula is C16H19N3O3. The summed E-state index contributed by atoms with van der Waals surface area (Å²) < 4.78 is 10.5. The Morgan fingerprint density at radius 2 is 2.18 bits per heavy atom. The average Bonchev–Trinajstić information content (AvgIpc) is 2.96. The van der Waals surface area contributed by atoms with Gasteiger partial charge in [-0.15, -0.1) is 0 Å². The van der Waals surface area contributed by atoms with Crippen molar-refractivity contribution in [3.63, 3.8) is 0 Å². The summed E-state index contributed by atoms with van der Waals surface area (Å²) in [6.45, 7) is 5.25. The fourth-order valence-corrected chi connectivity index (χ4v) is 1.86. The Hall–Kier alpha value is -2.68. The molecule has 0 spiro atoms. The first-order chi connectivity index (χ1) is 10.6. The monoisotopic (exact) mass is 301 g/mol. The number of carbonyl (C=O) groups is 1. The fraction of sp³-hybridized carbons (Fsp3) is 0.375. The molecule has 0 fully saturated rings. The van der Waals surface area contributed by atoms with Crippen molar-refractivity contribution in [2.45, 2.75) is 20.4 Å². The van der Waals surface area contributed by atoms with Gasteiger partial charge in [0.15, 0.2) is 11.5 Å². The van der Waals surface area contributed by atoms with Crippen LogP contribution in [0.4, 0.5) is 0 Å². The topological polar surface area (TPSA) is 83.4 Å². The van der Waals surface area contributed by atoms with Gasteiger partial charge in [0, 0.05) is 19.3 Å². The Balaban J connectivity index is 1.89. The van der Waals surface area contributed by atoms with Gasteiger partial charge in [-0.25, -0.2) is 0 Å². The summed E-state index contributed by atoms with van der Waals surface area (Å²) in [7, 11) is 0. The third kappa shape index (κ3) is 4.16. The molecular weight excluding hydrogens is 282 g/mol. The molecule has 1 heterocycles. The molecule has 116 valence electrons. The molecule has 1 aromatic carbocycles. The summed E-state index contributed by atoms with van der Waals surface area (Å²) in [5.74, 6) is 1.41. The van der Waals surface area contributed by atoms with E-state index in [0.29, 0.717) is 24.8 Å². The van der Waals surface area contributed by atoms with Crippen LogP contribution < -0.4 is 20.1 Å². The highest BCUT2D eigenvalue weighted by molar-refractivity contribution is 5.97. The van der Waals surface area contributed by atoms with Gasteiger partial charge in [0.05, 0.1) is 0 Å². The summed E-state index contributed by atoms with van der Waals surface area (Å²) in [4.78, 5) is 11.8. The minimum atomic E-state index is -0.366. The molecule has 0 aromatic heterocycles. The molecule has 6 nitrogen and oxygen atoms in total. The Bertz CT molecular complexity index is 618. The maximum absolute atomic E-state index is 11.8. The summed E-state index contributed by atoms with van der Waals surface area (Å²) in [5, 5.41) is 14.7. The third-order valence-electron chi connectivity index (χ3n) is 3.03. The van der Waals surface area contributed by atoms with Crippen LogP contribution >= 0.6 is 0 Å². The number of rotatable bonds is 6. The molecule has 0 unspecified atom stereocenters. The molecule has 0 saturated heterocycles. The lowest BCUT2D eigenvalue weighted by atomic mass is 10.2. The number of nitrogens with zero attached hydrogens (tertiary/aromatic N) is 1. The fourth-order valence-electron chi connectivity index (χ4n) is 1.86. The molecule has 1 aromatic rings. The van der Waals surface area contributed by atoms with Gasteiger partial charge in [-0.2, -0.15) is 5.26 Å². The predicted molar refractivity (Wildman–Crippen MR) is 80.9 cm³/mol. The van der Waals surface area contributed by atoms with Crippen molar-refractivity contribution in [2.75, 3.05) is 13.3 Å². The van der Waals surface area contributed by atoms with Crippen molar-refractivity contribution in [1.82, 2.24) is 10.6 Å². The highest BCUT2D eigenvalue weighted by Crippen LogP contribution is 2.32. The second-order valence-electron chi connectivity index (χ2n) is 5.34. The summed E-state index contributed by atoms with van der Waals surface area (Å²) in [6.07, 6.45) is 1.43. The van der Waals surface area contributed by atoms with Crippen LogP contribution in [0.5, 0.6) is 11.5 Å². The van der Waals surface area contributed by atoms with Crippen LogP contribution in [0, 0.1) is 17.2 Å². The first-order valence-electron chi connectivity index (χ1n) is 7.10. The lowest BCUT2D eigenvalue weighted by Crippen LogP contribution is -2.29. The number of hydrogen-bond acceptors (Lipinski definition) is 5. The standard InChI is InChI=1S/C16H19N3O3/c1-11(2)7-19-16(20)13(6-17)9-18-8-12-3-4-14-15(5-12)22-10-21-14/h3-5,9,11,18H,7-8,10H2,1-2H3,(H,19,20)/b13-9-. The maximum atomic E-state index is 11.8. The largest absolute Gasteiger partial charge is 0.454 e. The molecule has 2 N–H and O–H groups in total. The first-order valence-corrected chi connectivity index (χ1v) is 7.10. The van der Waals surface area contributed by atoms with Gasteiger partial charge < -0.3 is 20.1 Å². The Morgan fingerprint density at radius 1 is 1.41 bits per heavy atom. The van der Waals surface area contributed by atoms with Crippen LogP contribution in [0.2, 0.25) is 0 Å². The molecule has 0 atom stereocenters. The highest BCUT2D eigenvalue weighted by Gasteiger charge is 2.13. The van der Waals surface area contributed by atoms with Crippen LogP contribution in [0.15, 0.2) is 30.0 Å². The number of nitriles is 1. The number of hydrogen-bond donors (Lipinski definition) is 2. The Kier molecular flexibility index (Phi) is 5.26. The van der Waals surface area contributed by atoms with Gasteiger partial charge in [0.1, 0.15) is 11.6 Å². The van der Waals surface area contributed by atoms with Crippen LogP contribution in [0.25, 0.3) is 0 Å². The Labute approximate surface area is 129 Å². The average molecular weight is 301 g/mol. The normalized spacial score (nSPS) is 12.9. The zero-order chi connectivity index (χ0) is 15.9. The molecule has 0 saturated carbocycles. The smallest absolute Gasteiger partial charge is 0.263 e. The number of carbonyl (C=O) groups excluding carboxylic acids is 1. The maximum Gasteiger partial charge on any atom is 0.263 e. The van der Waals surface area contributed by atoms with E-state index in [-0.39, 0.29) is 18.3 Å². The van der Waals surface area contributed by atoms with E-state index in [4.69, 9.17) is 14.7 Å². The van der Waals surface area contributed by atoms with E-state index in [1.165, 1.54) is 6.20 Å². The zero-order valence-electron chi connectivity index (χ0n) is 12.7. The molecule has 0 aliphatic carbocycles. The number of ether oxygens (including phenoxy) is 2. The minimum Gasteiger partial charge on any atom is -0.454 e. The number of amides is 1. The predicted octanol–water partition coefficient (Wildman–Crippen LogP) is 1.68. The Morgan fingerprint density at radius 3 is 2.91 bits per heavy atom. The molecule has 1 aliphatic rings. The highest BCUT2D eigenvalue weighted by atomic mass is 16.7. The minimum absolute atomic E-state index is 0.0568. The van der Waals surface area contributed by atoms with Gasteiger partial charge in [0.2, 0.25) is 6.79 Å². The lowest BCUT2D eigenvalue weighted by molar-refractivity contribution is -0.117. The van der Waals surface area contributed by atoms with Crippen molar-refractivity contribution < 1.29 is 14.3 Å². The van der Waals surface area contributed by atoms with Gasteiger partial charge in [-0.05, 0) is 23.6 Å². The quantitative estimate of drug-likeness (QED) is 0.617. The first kappa shape index (κ1) is 15.7. The van der Waals surface area contributed by atoms with Crippen LogP contribution in [-0.2, 0) is 11.3 Å². The van der Waals surface area contributed by atoms with Crippen LogP contribution in [0.1, 0.15) is 19.4 Å². The van der Waals surface area contributed by atoms with Crippen molar-refractivity contribution in [1.29, 1.82) is 5.26 Å². The number of fused-ring (bicyclic) bond motifs is 1. The van der Waals surface area contributed by atoms with E-state index < -0.39 is 0 Å². The van der Waals surface area contributed by atoms with E-state index in [1.54, 1.807) is 0 Å². The van der Waals surface area contributed by atoms with E-state index in [9.17, 15) is 4.79 Å². The van der Waals surface area contributed by atoms with E-state index >= 15 is 0 Å². The molecule has 0 radical (unpaired) electrons. The third-order valence-corrected chi connectivity index (χ3v) is 3.03. The molecule has 1 aliphatic heterocycles. The number of nitrogens with one attached hydrogen (secondary N) is 2. The second-order valence-corrected chi connectivity index (χ2v) is 5.34. The van der Waals surface area contributed by atoms with Crippen molar-refractivity contribution >= 4 is 5.91 Å². The molecule has 2 rings (SSSR count). The van der Waals surface area contributed by atoms with Crippen LogP contribution in [0.3, 0.4) is 0 Å². The van der Waals surface area contributed by atoms with Gasteiger partial charge in [0.25, 0.3) is 5.91 Å². The SMILES string of the molecule is CC(C)CNC(=O)/C(C#N)=C\NCc1ccc2c(c1)OCO2. The number of benzene rings is 1. The van der Waals surface area contributed by atoms with Crippen LogP contribution in [-0.4, -0.2) is 19.2 Å². The van der Waals surface area contributed by atoms with E-state index in [0.717, 1.165) is 11.3 Å². The van der Waals surface area contributed by atoms with E-state index in [1.807, 2.05) is 38.1 Å². The zero-order valence-corrected chi connectivity index (χ0v) is 12.7. The van der Waals surface area contributed by atoms with Crippen molar-refractivity contribution in [3.05, 3.63) is 35.5 Å². The summed E-state index contributed by atoms with van der Waals surface area (Å²) in [5.41, 5.74) is 1.03. The summed E-state index contributed by atoms with van der Waals surface area (Å²) in [6, 6.07) is 7.50. The van der Waals surface area contributed by atoms with Gasteiger partial charge in [-0.1, -0.05) is 19.9 Å². The van der Waals surface area contributed by atoms with Gasteiger partial charge >= 0.3 is 0 Å². The molecule has 6 heteroatoms. The molecule has 22 heavy (non-hydrogen) atoms. The molecule has 1 amide bonds.